The molecule has 0 aliphatic carbocycles. The number of hydrogen-bond acceptors (Lipinski definition) is 4. The number of anilines is 1. The predicted octanol–water partition coefficient (Wildman–Crippen LogP) is 1.08. The summed E-state index contributed by atoms with van der Waals surface area (Å²) in [5, 5.41) is 0. The first kappa shape index (κ1) is 11.3. The lowest BCUT2D eigenvalue weighted by Gasteiger charge is -2.07. The van der Waals surface area contributed by atoms with E-state index in [1.807, 2.05) is 24.3 Å². The SMILES string of the molecule is CCc1ccc(-n2ccnc(NN)c2=O)cc1. The Bertz CT molecular complexity index is 559. The number of rotatable bonds is 3. The quantitative estimate of drug-likeness (QED) is 0.611. The lowest BCUT2D eigenvalue weighted by atomic mass is 10.1. The Morgan fingerprint density at radius 3 is 2.65 bits per heavy atom. The molecule has 1 aromatic heterocycles. The first-order valence-electron chi connectivity index (χ1n) is 5.40. The van der Waals surface area contributed by atoms with Gasteiger partial charge in [0.15, 0.2) is 0 Å². The number of hydrogen-bond donors (Lipinski definition) is 2. The Morgan fingerprint density at radius 2 is 2.06 bits per heavy atom. The minimum absolute atomic E-state index is 0.132. The largest absolute Gasteiger partial charge is 0.304 e. The summed E-state index contributed by atoms with van der Waals surface area (Å²) in [6.07, 6.45) is 4.12. The fourth-order valence-electron chi connectivity index (χ4n) is 1.61. The molecule has 0 unspecified atom stereocenters. The number of aryl methyl sites for hydroxylation is 1. The van der Waals surface area contributed by atoms with Gasteiger partial charge in [0.2, 0.25) is 5.82 Å². The molecule has 0 spiro atoms. The van der Waals surface area contributed by atoms with Gasteiger partial charge >= 0.3 is 0 Å². The van der Waals surface area contributed by atoms with Crippen LogP contribution in [0, 0.1) is 0 Å². The van der Waals surface area contributed by atoms with Crippen LogP contribution >= 0.6 is 0 Å². The van der Waals surface area contributed by atoms with Crippen molar-refractivity contribution in [3.05, 3.63) is 52.6 Å². The maximum atomic E-state index is 11.9. The van der Waals surface area contributed by atoms with Gasteiger partial charge < -0.3 is 5.43 Å². The van der Waals surface area contributed by atoms with E-state index < -0.39 is 0 Å². The topological polar surface area (TPSA) is 72.9 Å². The third-order valence-electron chi connectivity index (χ3n) is 2.60. The minimum atomic E-state index is -0.265. The van der Waals surface area contributed by atoms with Crippen LogP contribution in [0.1, 0.15) is 12.5 Å². The first-order chi connectivity index (χ1) is 8.26. The molecule has 1 aromatic carbocycles. The fourth-order valence-corrected chi connectivity index (χ4v) is 1.61. The van der Waals surface area contributed by atoms with E-state index in [0.717, 1.165) is 12.1 Å². The number of nitrogen functional groups attached to an aromatic ring is 1. The van der Waals surface area contributed by atoms with Crippen molar-refractivity contribution in [1.29, 1.82) is 0 Å². The average Bonchev–Trinajstić information content (AvgIpc) is 2.39. The molecule has 0 aliphatic heterocycles. The van der Waals surface area contributed by atoms with E-state index >= 15 is 0 Å². The summed E-state index contributed by atoms with van der Waals surface area (Å²) in [5.41, 5.74) is 4.05. The molecule has 0 amide bonds. The number of nitrogens with two attached hydrogens (primary N) is 1. The number of hydrazine groups is 1. The summed E-state index contributed by atoms with van der Waals surface area (Å²) in [5.74, 6) is 5.35. The highest BCUT2D eigenvalue weighted by molar-refractivity contribution is 5.38. The number of aromatic nitrogens is 2. The first-order valence-corrected chi connectivity index (χ1v) is 5.40. The van der Waals surface area contributed by atoms with E-state index in [2.05, 4.69) is 17.3 Å². The highest BCUT2D eigenvalue weighted by Crippen LogP contribution is 2.08. The highest BCUT2D eigenvalue weighted by Gasteiger charge is 2.04. The van der Waals surface area contributed by atoms with Crippen LogP contribution in [0.5, 0.6) is 0 Å². The summed E-state index contributed by atoms with van der Waals surface area (Å²) in [6.45, 7) is 2.09. The van der Waals surface area contributed by atoms with E-state index in [-0.39, 0.29) is 11.4 Å². The van der Waals surface area contributed by atoms with Crippen molar-refractivity contribution in [2.45, 2.75) is 13.3 Å². The van der Waals surface area contributed by atoms with E-state index in [1.54, 1.807) is 6.20 Å². The zero-order chi connectivity index (χ0) is 12.3. The zero-order valence-corrected chi connectivity index (χ0v) is 9.55. The Morgan fingerprint density at radius 1 is 1.35 bits per heavy atom. The highest BCUT2D eigenvalue weighted by atomic mass is 16.1. The lowest BCUT2D eigenvalue weighted by Crippen LogP contribution is -2.25. The van der Waals surface area contributed by atoms with Crippen LogP contribution < -0.4 is 16.8 Å². The zero-order valence-electron chi connectivity index (χ0n) is 9.55. The van der Waals surface area contributed by atoms with E-state index in [0.29, 0.717) is 0 Å². The van der Waals surface area contributed by atoms with Gasteiger partial charge in [0, 0.05) is 18.1 Å². The third-order valence-corrected chi connectivity index (χ3v) is 2.60. The number of nitrogens with one attached hydrogen (secondary N) is 1. The van der Waals surface area contributed by atoms with Crippen LogP contribution in [-0.2, 0) is 6.42 Å². The second-order valence-corrected chi connectivity index (χ2v) is 3.62. The van der Waals surface area contributed by atoms with Gasteiger partial charge in [-0.15, -0.1) is 0 Å². The van der Waals surface area contributed by atoms with Crippen LogP contribution in [0.4, 0.5) is 5.82 Å². The van der Waals surface area contributed by atoms with Crippen LogP contribution in [0.2, 0.25) is 0 Å². The summed E-state index contributed by atoms with van der Waals surface area (Å²) in [7, 11) is 0. The molecule has 0 bridgehead atoms. The molecule has 1 heterocycles. The fraction of sp³-hybridized carbons (Fsp3) is 0.167. The number of benzene rings is 1. The van der Waals surface area contributed by atoms with Gasteiger partial charge in [-0.05, 0) is 24.1 Å². The van der Waals surface area contributed by atoms with Crippen LogP contribution in [0.3, 0.4) is 0 Å². The molecule has 0 atom stereocenters. The Kier molecular flexibility index (Phi) is 3.20. The molecule has 0 fully saturated rings. The average molecular weight is 230 g/mol. The van der Waals surface area contributed by atoms with Gasteiger partial charge in [0.1, 0.15) is 0 Å². The molecule has 5 nitrogen and oxygen atoms in total. The molecule has 2 rings (SSSR count). The summed E-state index contributed by atoms with van der Waals surface area (Å²) >= 11 is 0. The van der Waals surface area contributed by atoms with E-state index in [9.17, 15) is 4.79 Å². The van der Waals surface area contributed by atoms with Gasteiger partial charge in [0.25, 0.3) is 5.56 Å². The number of nitrogens with zero attached hydrogens (tertiary/aromatic N) is 2. The molecular formula is C12H14N4O. The standard InChI is InChI=1S/C12H14N4O/c1-2-9-3-5-10(6-4-9)16-8-7-14-11(15-13)12(16)17/h3-8H,2,13H2,1H3,(H,14,15). The minimum Gasteiger partial charge on any atom is -0.304 e. The van der Waals surface area contributed by atoms with Crippen molar-refractivity contribution in [2.24, 2.45) is 5.84 Å². The molecule has 17 heavy (non-hydrogen) atoms. The van der Waals surface area contributed by atoms with Crippen LogP contribution in [-0.4, -0.2) is 9.55 Å². The van der Waals surface area contributed by atoms with Crippen molar-refractivity contribution in [3.8, 4) is 5.69 Å². The maximum Gasteiger partial charge on any atom is 0.299 e. The maximum absolute atomic E-state index is 11.9. The summed E-state index contributed by atoms with van der Waals surface area (Å²) in [4.78, 5) is 15.8. The Balaban J connectivity index is 2.49. The Labute approximate surface area is 98.9 Å². The molecule has 2 aromatic rings. The normalized spacial score (nSPS) is 10.2. The molecule has 3 N–H and O–H groups in total. The molecule has 0 saturated heterocycles. The monoisotopic (exact) mass is 230 g/mol. The third kappa shape index (κ3) is 2.19. The molecule has 0 saturated carbocycles. The van der Waals surface area contributed by atoms with Crippen molar-refractivity contribution in [2.75, 3.05) is 5.43 Å². The molecule has 0 aliphatic rings. The van der Waals surface area contributed by atoms with Gasteiger partial charge in [-0.25, -0.2) is 10.8 Å². The van der Waals surface area contributed by atoms with Gasteiger partial charge in [-0.2, -0.15) is 0 Å². The lowest BCUT2D eigenvalue weighted by molar-refractivity contribution is 0.950. The van der Waals surface area contributed by atoms with Crippen LogP contribution in [0.25, 0.3) is 5.69 Å². The van der Waals surface area contributed by atoms with Gasteiger partial charge in [-0.3, -0.25) is 9.36 Å². The van der Waals surface area contributed by atoms with Crippen molar-refractivity contribution < 1.29 is 0 Å². The van der Waals surface area contributed by atoms with Crippen molar-refractivity contribution in [1.82, 2.24) is 9.55 Å². The summed E-state index contributed by atoms with van der Waals surface area (Å²) in [6, 6.07) is 7.80. The molecule has 5 heteroatoms. The van der Waals surface area contributed by atoms with Crippen molar-refractivity contribution >= 4 is 5.82 Å². The smallest absolute Gasteiger partial charge is 0.299 e. The second-order valence-electron chi connectivity index (χ2n) is 3.62. The molecule has 0 radical (unpaired) electrons. The summed E-state index contributed by atoms with van der Waals surface area (Å²) < 4.78 is 1.50. The molecule has 88 valence electrons. The van der Waals surface area contributed by atoms with E-state index in [4.69, 9.17) is 5.84 Å². The second kappa shape index (κ2) is 4.80. The molecular weight excluding hydrogens is 216 g/mol. The van der Waals surface area contributed by atoms with E-state index in [1.165, 1.54) is 16.3 Å². The van der Waals surface area contributed by atoms with Gasteiger partial charge in [0.05, 0.1) is 0 Å². The predicted molar refractivity (Wildman–Crippen MR) is 67.0 cm³/mol. The van der Waals surface area contributed by atoms with Gasteiger partial charge in [-0.1, -0.05) is 19.1 Å². The van der Waals surface area contributed by atoms with Crippen LogP contribution in [0.15, 0.2) is 41.5 Å². The Hall–Kier alpha value is -2.14. The van der Waals surface area contributed by atoms with Crippen molar-refractivity contribution in [3.63, 3.8) is 0 Å².